The summed E-state index contributed by atoms with van der Waals surface area (Å²) in [4.78, 5) is 4.51. The van der Waals surface area contributed by atoms with Crippen molar-refractivity contribution >= 4 is 5.69 Å². The van der Waals surface area contributed by atoms with Crippen LogP contribution < -0.4 is 24.3 Å². The van der Waals surface area contributed by atoms with E-state index in [1.807, 2.05) is 73.7 Å². The van der Waals surface area contributed by atoms with E-state index in [9.17, 15) is 5.11 Å². The highest BCUT2D eigenvalue weighted by Gasteiger charge is 2.19. The van der Waals surface area contributed by atoms with Gasteiger partial charge in [-0.25, -0.2) is 4.68 Å². The number of nitrogens with zero attached hydrogens (tertiary/aromatic N) is 3. The van der Waals surface area contributed by atoms with Crippen LogP contribution >= 0.6 is 0 Å². The van der Waals surface area contributed by atoms with E-state index in [0.717, 1.165) is 28.3 Å². The third-order valence-corrected chi connectivity index (χ3v) is 5.58. The summed E-state index contributed by atoms with van der Waals surface area (Å²) < 4.78 is 23.6. The second-order valence-electron chi connectivity index (χ2n) is 8.06. The molecule has 0 radical (unpaired) electrons. The predicted molar refractivity (Wildman–Crippen MR) is 131 cm³/mol. The summed E-state index contributed by atoms with van der Waals surface area (Å²) in [7, 11) is 1.53. The highest BCUT2D eigenvalue weighted by atomic mass is 16.7. The van der Waals surface area contributed by atoms with Gasteiger partial charge in [0.2, 0.25) is 6.79 Å². The highest BCUT2D eigenvalue weighted by Crippen LogP contribution is 2.36. The first-order valence-electron chi connectivity index (χ1n) is 11.2. The number of ether oxygens (including phenoxy) is 4. The smallest absolute Gasteiger partial charge is 0.336 e. The number of methoxy groups -OCH3 is 1. The molecule has 0 spiro atoms. The van der Waals surface area contributed by atoms with E-state index in [0.29, 0.717) is 23.9 Å². The van der Waals surface area contributed by atoms with Gasteiger partial charge in [0.25, 0.3) is 0 Å². The summed E-state index contributed by atoms with van der Waals surface area (Å²) in [5.74, 6) is 2.76. The molecule has 1 aliphatic heterocycles. The van der Waals surface area contributed by atoms with E-state index < -0.39 is 6.10 Å². The van der Waals surface area contributed by atoms with Gasteiger partial charge >= 0.3 is 6.01 Å². The zero-order valence-electron chi connectivity index (χ0n) is 19.5. The van der Waals surface area contributed by atoms with Gasteiger partial charge in [0.15, 0.2) is 17.3 Å². The van der Waals surface area contributed by atoms with Crippen molar-refractivity contribution in [2.24, 2.45) is 0 Å². The molecule has 1 aromatic heterocycles. The number of hydrogen-bond acceptors (Lipinski definition) is 8. The average molecular weight is 475 g/mol. The molecule has 0 saturated carbocycles. The summed E-state index contributed by atoms with van der Waals surface area (Å²) in [6.07, 6.45) is -0.661. The molecule has 0 fully saturated rings. The standard InChI is InChI=1S/C26H26N4O5/c1-17-5-3-4-6-22(17)33-15-21(31)14-27-19-8-10-20(11-9-19)30-25(28-26(29-30)32-2)18-7-12-23-24(13-18)35-16-34-23/h3-13,21,27,31H,14-16H2,1-2H3. The summed E-state index contributed by atoms with van der Waals surface area (Å²) in [6.45, 7) is 2.73. The van der Waals surface area contributed by atoms with Gasteiger partial charge in [0.05, 0.1) is 12.8 Å². The van der Waals surface area contributed by atoms with E-state index in [4.69, 9.17) is 18.9 Å². The van der Waals surface area contributed by atoms with Crippen LogP contribution in [0.1, 0.15) is 5.56 Å². The van der Waals surface area contributed by atoms with Gasteiger partial charge in [0, 0.05) is 17.8 Å². The maximum absolute atomic E-state index is 10.3. The van der Waals surface area contributed by atoms with Gasteiger partial charge in [0.1, 0.15) is 18.5 Å². The number of rotatable bonds is 9. The normalized spacial score (nSPS) is 12.9. The first-order chi connectivity index (χ1) is 17.1. The predicted octanol–water partition coefficient (Wildman–Crippen LogP) is 3.83. The number of aliphatic hydroxyl groups excluding tert-OH is 1. The first kappa shape index (κ1) is 22.5. The Morgan fingerprint density at radius 1 is 1.06 bits per heavy atom. The number of aromatic nitrogens is 3. The number of anilines is 1. The molecule has 0 amide bonds. The molecule has 3 aromatic carbocycles. The van der Waals surface area contributed by atoms with Crippen LogP contribution in [0.15, 0.2) is 66.7 Å². The summed E-state index contributed by atoms with van der Waals surface area (Å²) in [6, 6.07) is 21.3. The van der Waals surface area contributed by atoms with E-state index in [1.165, 1.54) is 7.11 Å². The van der Waals surface area contributed by atoms with Crippen LogP contribution in [0.4, 0.5) is 5.69 Å². The number of aryl methyl sites for hydroxylation is 1. The highest BCUT2D eigenvalue weighted by molar-refractivity contribution is 5.64. The molecule has 0 bridgehead atoms. The van der Waals surface area contributed by atoms with Crippen molar-refractivity contribution in [3.8, 4) is 40.3 Å². The molecular formula is C26H26N4O5. The Hall–Kier alpha value is -4.24. The fourth-order valence-corrected chi connectivity index (χ4v) is 3.70. The van der Waals surface area contributed by atoms with Crippen molar-refractivity contribution in [2.75, 3.05) is 32.4 Å². The van der Waals surface area contributed by atoms with Crippen LogP contribution in [0.25, 0.3) is 17.1 Å². The minimum Gasteiger partial charge on any atom is -0.491 e. The lowest BCUT2D eigenvalue weighted by Crippen LogP contribution is -2.26. The summed E-state index contributed by atoms with van der Waals surface area (Å²) >= 11 is 0. The molecule has 5 rings (SSSR count). The molecule has 9 nitrogen and oxygen atoms in total. The third-order valence-electron chi connectivity index (χ3n) is 5.58. The lowest BCUT2D eigenvalue weighted by atomic mass is 10.2. The van der Waals surface area contributed by atoms with Gasteiger partial charge in [-0.05, 0) is 61.0 Å². The Kier molecular flexibility index (Phi) is 6.40. The van der Waals surface area contributed by atoms with Crippen molar-refractivity contribution in [3.05, 3.63) is 72.3 Å². The zero-order valence-corrected chi connectivity index (χ0v) is 19.5. The Morgan fingerprint density at radius 2 is 1.86 bits per heavy atom. The minimum absolute atomic E-state index is 0.202. The number of fused-ring (bicyclic) bond motifs is 1. The van der Waals surface area contributed by atoms with E-state index in [-0.39, 0.29) is 19.4 Å². The number of aliphatic hydroxyl groups is 1. The third kappa shape index (κ3) is 4.99. The molecule has 2 heterocycles. The Morgan fingerprint density at radius 3 is 2.66 bits per heavy atom. The monoisotopic (exact) mass is 474 g/mol. The fraction of sp³-hybridized carbons (Fsp3) is 0.231. The molecule has 0 saturated heterocycles. The molecule has 1 unspecified atom stereocenters. The van der Waals surface area contributed by atoms with Crippen LogP contribution in [0.5, 0.6) is 23.3 Å². The number of para-hydroxylation sites is 1. The van der Waals surface area contributed by atoms with Crippen LogP contribution in [-0.4, -0.2) is 53.0 Å². The largest absolute Gasteiger partial charge is 0.491 e. The molecule has 35 heavy (non-hydrogen) atoms. The topological polar surface area (TPSA) is 99.9 Å². The van der Waals surface area contributed by atoms with Crippen LogP contribution in [-0.2, 0) is 0 Å². The molecular weight excluding hydrogens is 448 g/mol. The molecule has 1 aliphatic rings. The second-order valence-corrected chi connectivity index (χ2v) is 8.06. The van der Waals surface area contributed by atoms with Crippen molar-refractivity contribution in [1.29, 1.82) is 0 Å². The van der Waals surface area contributed by atoms with Crippen molar-refractivity contribution in [1.82, 2.24) is 14.8 Å². The van der Waals surface area contributed by atoms with Crippen LogP contribution in [0, 0.1) is 6.92 Å². The number of hydrogen-bond donors (Lipinski definition) is 2. The van der Waals surface area contributed by atoms with E-state index in [2.05, 4.69) is 15.4 Å². The molecule has 0 aliphatic carbocycles. The van der Waals surface area contributed by atoms with Crippen LogP contribution in [0.2, 0.25) is 0 Å². The van der Waals surface area contributed by atoms with Gasteiger partial charge < -0.3 is 29.4 Å². The lowest BCUT2D eigenvalue weighted by molar-refractivity contribution is 0.117. The maximum atomic E-state index is 10.3. The molecule has 1 atom stereocenters. The minimum atomic E-state index is -0.661. The van der Waals surface area contributed by atoms with Gasteiger partial charge in [-0.15, -0.1) is 5.10 Å². The molecule has 180 valence electrons. The fourth-order valence-electron chi connectivity index (χ4n) is 3.70. The Balaban J connectivity index is 1.26. The SMILES string of the molecule is COc1nc(-c2ccc3c(c2)OCO3)n(-c2ccc(NCC(O)COc3ccccc3C)cc2)n1. The van der Waals surface area contributed by atoms with Crippen molar-refractivity contribution < 1.29 is 24.1 Å². The van der Waals surface area contributed by atoms with Crippen LogP contribution in [0.3, 0.4) is 0 Å². The number of nitrogens with one attached hydrogen (secondary N) is 1. The van der Waals surface area contributed by atoms with E-state index >= 15 is 0 Å². The first-order valence-corrected chi connectivity index (χ1v) is 11.2. The number of benzene rings is 3. The molecule has 9 heteroatoms. The Labute approximate surface area is 202 Å². The zero-order chi connectivity index (χ0) is 24.2. The maximum Gasteiger partial charge on any atom is 0.336 e. The second kappa shape index (κ2) is 9.94. The molecule has 2 N–H and O–H groups in total. The summed E-state index contributed by atoms with van der Waals surface area (Å²) in [5, 5.41) is 18.0. The quantitative estimate of drug-likeness (QED) is 0.378. The van der Waals surface area contributed by atoms with Crippen molar-refractivity contribution in [2.45, 2.75) is 13.0 Å². The summed E-state index contributed by atoms with van der Waals surface area (Å²) in [5.41, 5.74) is 3.53. The average Bonchev–Trinajstić information content (AvgIpc) is 3.54. The van der Waals surface area contributed by atoms with Gasteiger partial charge in [-0.1, -0.05) is 18.2 Å². The van der Waals surface area contributed by atoms with Gasteiger partial charge in [-0.3, -0.25) is 0 Å². The van der Waals surface area contributed by atoms with Gasteiger partial charge in [-0.2, -0.15) is 4.98 Å². The van der Waals surface area contributed by atoms with E-state index in [1.54, 1.807) is 4.68 Å². The lowest BCUT2D eigenvalue weighted by Gasteiger charge is -2.15. The van der Waals surface area contributed by atoms with Crippen molar-refractivity contribution in [3.63, 3.8) is 0 Å². The Bertz CT molecular complexity index is 1310. The molecule has 4 aromatic rings.